The average molecular weight is 447 g/mol. The number of hydrogen-bond donors (Lipinski definition) is 0. The van der Waals surface area contributed by atoms with Crippen LogP contribution in [0.3, 0.4) is 0 Å². The Morgan fingerprint density at radius 2 is 2.04 bits per heavy atom. The summed E-state index contributed by atoms with van der Waals surface area (Å²) in [4.78, 5) is 13.6. The number of aromatic nitrogens is 7. The molecule has 0 saturated carbocycles. The number of nitrogens with zero attached hydrogens (tertiary/aromatic N) is 7. The van der Waals surface area contributed by atoms with Crippen molar-refractivity contribution in [3.8, 4) is 17.1 Å². The largest absolute Gasteiger partial charge is 0.327 e. The van der Waals surface area contributed by atoms with Crippen LogP contribution in [0.15, 0.2) is 41.4 Å². The lowest BCUT2D eigenvalue weighted by atomic mass is 10.1. The van der Waals surface area contributed by atoms with E-state index in [9.17, 15) is 0 Å². The van der Waals surface area contributed by atoms with Crippen molar-refractivity contribution in [1.82, 2.24) is 33.9 Å². The van der Waals surface area contributed by atoms with E-state index in [1.54, 1.807) is 6.20 Å². The number of benzene rings is 1. The quantitative estimate of drug-likeness (QED) is 0.416. The Kier molecular flexibility index (Phi) is 4.39. The van der Waals surface area contributed by atoms with Gasteiger partial charge in [-0.15, -0.1) is 12.4 Å². The van der Waals surface area contributed by atoms with E-state index >= 15 is 0 Å². The summed E-state index contributed by atoms with van der Waals surface area (Å²) in [5, 5.41) is 4.78. The summed E-state index contributed by atoms with van der Waals surface area (Å²) in [5.41, 5.74) is 4.24. The zero-order valence-corrected chi connectivity index (χ0v) is 17.2. The molecule has 1 aromatic carbocycles. The van der Waals surface area contributed by atoms with Crippen molar-refractivity contribution in [2.75, 3.05) is 0 Å². The van der Waals surface area contributed by atoms with Gasteiger partial charge in [-0.1, -0.05) is 15.9 Å². The van der Waals surface area contributed by atoms with Crippen LogP contribution < -0.4 is 0 Å². The number of imidazole rings is 2. The minimum absolute atomic E-state index is 0. The van der Waals surface area contributed by atoms with Crippen LogP contribution >= 0.6 is 28.3 Å². The summed E-state index contributed by atoms with van der Waals surface area (Å²) in [6.07, 6.45) is 5.62. The highest BCUT2D eigenvalue weighted by atomic mass is 79.9. The van der Waals surface area contributed by atoms with Gasteiger partial charge in [0.05, 0.1) is 36.5 Å². The second-order valence-corrected chi connectivity index (χ2v) is 7.34. The van der Waals surface area contributed by atoms with Gasteiger partial charge in [0.1, 0.15) is 5.82 Å². The molecule has 5 rings (SSSR count). The zero-order chi connectivity index (χ0) is 17.8. The molecular formula is C18H17BrClN7. The molecule has 0 aliphatic carbocycles. The Hall–Kier alpha value is -2.45. The van der Waals surface area contributed by atoms with Gasteiger partial charge in [0.15, 0.2) is 11.6 Å². The van der Waals surface area contributed by atoms with Gasteiger partial charge in [-0.3, -0.25) is 0 Å². The van der Waals surface area contributed by atoms with Crippen molar-refractivity contribution in [2.45, 2.75) is 26.9 Å². The fraction of sp³-hybridized carbons (Fsp3) is 0.222. The van der Waals surface area contributed by atoms with Crippen LogP contribution in [0, 0.1) is 13.8 Å². The average Bonchev–Trinajstić information content (AvgIpc) is 3.28. The number of aryl methyl sites for hydroxylation is 2. The number of hydrogen-bond acceptors (Lipinski definition) is 4. The molecule has 27 heavy (non-hydrogen) atoms. The van der Waals surface area contributed by atoms with E-state index in [0.717, 1.165) is 44.6 Å². The lowest BCUT2D eigenvalue weighted by molar-refractivity contribution is 0.643. The summed E-state index contributed by atoms with van der Waals surface area (Å²) < 4.78 is 7.16. The maximum Gasteiger partial charge on any atom is 0.171 e. The molecule has 0 radical (unpaired) electrons. The molecule has 0 amide bonds. The van der Waals surface area contributed by atoms with Gasteiger partial charge >= 0.3 is 0 Å². The fourth-order valence-electron chi connectivity index (χ4n) is 3.39. The van der Waals surface area contributed by atoms with Crippen LogP contribution in [0.5, 0.6) is 0 Å². The molecule has 3 aromatic heterocycles. The summed E-state index contributed by atoms with van der Waals surface area (Å²) in [7, 11) is 0. The molecule has 0 atom stereocenters. The van der Waals surface area contributed by atoms with E-state index in [4.69, 9.17) is 10.1 Å². The zero-order valence-electron chi connectivity index (χ0n) is 14.8. The minimum Gasteiger partial charge on any atom is -0.327 e. The van der Waals surface area contributed by atoms with E-state index in [-0.39, 0.29) is 12.4 Å². The van der Waals surface area contributed by atoms with Crippen molar-refractivity contribution in [1.29, 1.82) is 0 Å². The summed E-state index contributed by atoms with van der Waals surface area (Å²) in [6, 6.07) is 6.22. The normalized spacial score (nSPS) is 12.0. The molecule has 138 valence electrons. The van der Waals surface area contributed by atoms with E-state index in [2.05, 4.69) is 42.6 Å². The van der Waals surface area contributed by atoms with E-state index in [1.165, 1.54) is 0 Å². The van der Waals surface area contributed by atoms with Crippen LogP contribution in [0.1, 0.15) is 23.0 Å². The first-order valence-electron chi connectivity index (χ1n) is 8.35. The third-order valence-corrected chi connectivity index (χ3v) is 5.28. The molecule has 1 aliphatic heterocycles. The third kappa shape index (κ3) is 2.89. The summed E-state index contributed by atoms with van der Waals surface area (Å²) >= 11 is 3.58. The summed E-state index contributed by atoms with van der Waals surface area (Å²) in [6.45, 7) is 5.26. The molecule has 0 saturated heterocycles. The van der Waals surface area contributed by atoms with E-state index in [1.807, 2.05) is 41.7 Å². The SMILES string of the molecule is Cc1ncn2c1Cn1nc(Cn3ccnc3C)nc1-c1cc(Br)ccc1-2.Cl. The molecule has 0 N–H and O–H groups in total. The fourth-order valence-corrected chi connectivity index (χ4v) is 3.75. The Balaban J connectivity index is 0.00000180. The Bertz CT molecular complexity index is 1140. The van der Waals surface area contributed by atoms with Gasteiger partial charge in [-0.05, 0) is 32.0 Å². The first kappa shape index (κ1) is 17.9. The first-order valence-corrected chi connectivity index (χ1v) is 9.14. The monoisotopic (exact) mass is 445 g/mol. The molecule has 0 fully saturated rings. The number of rotatable bonds is 2. The van der Waals surface area contributed by atoms with Crippen molar-refractivity contribution < 1.29 is 0 Å². The predicted molar refractivity (Wildman–Crippen MR) is 107 cm³/mol. The number of fused-ring (bicyclic) bond motifs is 5. The smallest absolute Gasteiger partial charge is 0.171 e. The molecule has 4 heterocycles. The van der Waals surface area contributed by atoms with Crippen molar-refractivity contribution in [3.63, 3.8) is 0 Å². The van der Waals surface area contributed by atoms with Gasteiger partial charge in [0, 0.05) is 22.4 Å². The highest BCUT2D eigenvalue weighted by Crippen LogP contribution is 2.33. The van der Waals surface area contributed by atoms with Gasteiger partial charge in [-0.25, -0.2) is 19.6 Å². The van der Waals surface area contributed by atoms with Crippen LogP contribution in [0.4, 0.5) is 0 Å². The molecule has 1 aliphatic rings. The van der Waals surface area contributed by atoms with Crippen LogP contribution in [0.2, 0.25) is 0 Å². The van der Waals surface area contributed by atoms with Gasteiger partial charge in [0.25, 0.3) is 0 Å². The van der Waals surface area contributed by atoms with Gasteiger partial charge < -0.3 is 9.13 Å². The maximum atomic E-state index is 4.85. The van der Waals surface area contributed by atoms with Crippen molar-refractivity contribution in [3.05, 3.63) is 64.4 Å². The molecule has 9 heteroatoms. The molecule has 7 nitrogen and oxygen atoms in total. The molecule has 0 spiro atoms. The predicted octanol–water partition coefficient (Wildman–Crippen LogP) is 3.54. The van der Waals surface area contributed by atoms with E-state index < -0.39 is 0 Å². The van der Waals surface area contributed by atoms with Crippen molar-refractivity contribution in [2.24, 2.45) is 0 Å². The van der Waals surface area contributed by atoms with Crippen molar-refractivity contribution >= 4 is 28.3 Å². The van der Waals surface area contributed by atoms with Crippen LogP contribution in [0.25, 0.3) is 17.1 Å². The van der Waals surface area contributed by atoms with Gasteiger partial charge in [-0.2, -0.15) is 5.10 Å². The molecular weight excluding hydrogens is 430 g/mol. The lowest BCUT2D eigenvalue weighted by Gasteiger charge is -2.09. The lowest BCUT2D eigenvalue weighted by Crippen LogP contribution is -2.07. The Morgan fingerprint density at radius 3 is 2.81 bits per heavy atom. The molecule has 0 unspecified atom stereocenters. The van der Waals surface area contributed by atoms with Crippen LogP contribution in [-0.2, 0) is 13.1 Å². The highest BCUT2D eigenvalue weighted by molar-refractivity contribution is 9.10. The molecule has 4 aromatic rings. The second kappa shape index (κ2) is 6.61. The third-order valence-electron chi connectivity index (χ3n) is 4.78. The van der Waals surface area contributed by atoms with Crippen LogP contribution in [-0.4, -0.2) is 33.9 Å². The Labute approximate surface area is 170 Å². The Morgan fingerprint density at radius 1 is 1.19 bits per heavy atom. The minimum atomic E-state index is 0. The second-order valence-electron chi connectivity index (χ2n) is 6.42. The topological polar surface area (TPSA) is 66.3 Å². The highest BCUT2D eigenvalue weighted by Gasteiger charge is 2.24. The maximum absolute atomic E-state index is 4.85. The van der Waals surface area contributed by atoms with Gasteiger partial charge in [0.2, 0.25) is 0 Å². The standard InChI is InChI=1S/C18H16BrN7.ClH/c1-11-16-8-26-18(22-17(23-26)9-24-6-5-20-12(24)2)14-7-13(19)3-4-15(14)25(16)10-21-11;/h3-7,10H,8-9H2,1-2H3;1H. The molecule has 0 bridgehead atoms. The number of halogens is 2. The van der Waals surface area contributed by atoms with E-state index in [0.29, 0.717) is 13.1 Å². The summed E-state index contributed by atoms with van der Waals surface area (Å²) in [5.74, 6) is 2.60. The first-order chi connectivity index (χ1) is 12.6.